The van der Waals surface area contributed by atoms with Crippen LogP contribution in [0.25, 0.3) is 0 Å². The molecule has 0 radical (unpaired) electrons. The summed E-state index contributed by atoms with van der Waals surface area (Å²) < 4.78 is 5.84. The van der Waals surface area contributed by atoms with E-state index in [1.54, 1.807) is 0 Å². The highest BCUT2D eigenvalue weighted by Gasteiger charge is 2.24. The maximum atomic E-state index is 5.84. The average Bonchev–Trinajstić information content (AvgIpc) is 2.43. The Morgan fingerprint density at radius 1 is 1.25 bits per heavy atom. The molecule has 16 heavy (non-hydrogen) atoms. The number of ether oxygens (including phenoxy) is 1. The molecule has 3 atom stereocenters. The Kier molecular flexibility index (Phi) is 4.62. The third kappa shape index (κ3) is 3.44. The molecule has 0 aliphatic carbocycles. The van der Waals surface area contributed by atoms with Gasteiger partial charge in [0, 0.05) is 31.8 Å². The molecule has 0 aromatic carbocycles. The van der Waals surface area contributed by atoms with E-state index in [2.05, 4.69) is 24.1 Å². The lowest BCUT2D eigenvalue weighted by Gasteiger charge is -2.33. The maximum Gasteiger partial charge on any atom is 0.0702 e. The van der Waals surface area contributed by atoms with Crippen molar-refractivity contribution in [2.24, 2.45) is 0 Å². The number of hydrogen-bond donors (Lipinski definition) is 1. The smallest absolute Gasteiger partial charge is 0.0702 e. The quantitative estimate of drug-likeness (QED) is 0.774. The summed E-state index contributed by atoms with van der Waals surface area (Å²) >= 11 is 0. The van der Waals surface area contributed by atoms with Gasteiger partial charge in [-0.15, -0.1) is 0 Å². The number of nitrogens with zero attached hydrogens (tertiary/aromatic N) is 1. The molecule has 0 aromatic rings. The molecule has 0 bridgehead atoms. The minimum atomic E-state index is 0.487. The standard InChI is InChI=1S/C13H26N2O/c1-11-9-15(12(2)6-7-14-11)10-13-5-3-4-8-16-13/h11-14H,3-10H2,1-2H3. The number of hydrogen-bond acceptors (Lipinski definition) is 3. The van der Waals surface area contributed by atoms with Crippen LogP contribution in [-0.2, 0) is 4.74 Å². The van der Waals surface area contributed by atoms with Gasteiger partial charge in [-0.05, 0) is 46.1 Å². The zero-order valence-corrected chi connectivity index (χ0v) is 10.7. The SMILES string of the molecule is CC1CN(CC2CCCCO2)C(C)CCN1. The van der Waals surface area contributed by atoms with Gasteiger partial charge in [0.25, 0.3) is 0 Å². The van der Waals surface area contributed by atoms with Crippen LogP contribution in [-0.4, -0.2) is 49.3 Å². The Bertz CT molecular complexity index is 204. The molecule has 2 aliphatic rings. The van der Waals surface area contributed by atoms with E-state index < -0.39 is 0 Å². The minimum Gasteiger partial charge on any atom is -0.377 e. The average molecular weight is 226 g/mol. The molecule has 2 heterocycles. The van der Waals surface area contributed by atoms with Gasteiger partial charge in [-0.1, -0.05) is 0 Å². The molecule has 3 nitrogen and oxygen atoms in total. The summed E-state index contributed by atoms with van der Waals surface area (Å²) in [5.74, 6) is 0. The summed E-state index contributed by atoms with van der Waals surface area (Å²) in [4.78, 5) is 2.61. The molecule has 1 N–H and O–H groups in total. The summed E-state index contributed by atoms with van der Waals surface area (Å²) in [5, 5.41) is 3.56. The monoisotopic (exact) mass is 226 g/mol. The van der Waals surface area contributed by atoms with Crippen LogP contribution >= 0.6 is 0 Å². The van der Waals surface area contributed by atoms with E-state index in [1.165, 1.54) is 32.2 Å². The first-order valence-corrected chi connectivity index (χ1v) is 6.84. The highest BCUT2D eigenvalue weighted by Crippen LogP contribution is 2.17. The predicted octanol–water partition coefficient (Wildman–Crippen LogP) is 1.63. The summed E-state index contributed by atoms with van der Waals surface area (Å²) in [7, 11) is 0. The molecule has 0 spiro atoms. The summed E-state index contributed by atoms with van der Waals surface area (Å²) in [6.45, 7) is 9.06. The van der Waals surface area contributed by atoms with E-state index in [9.17, 15) is 0 Å². The lowest BCUT2D eigenvalue weighted by molar-refractivity contribution is -0.0124. The fourth-order valence-corrected chi connectivity index (χ4v) is 2.78. The second kappa shape index (κ2) is 5.99. The van der Waals surface area contributed by atoms with Crippen molar-refractivity contribution in [3.8, 4) is 0 Å². The minimum absolute atomic E-state index is 0.487. The molecular formula is C13H26N2O. The van der Waals surface area contributed by atoms with E-state index in [1.807, 2.05) is 0 Å². The molecule has 0 amide bonds. The molecule has 2 saturated heterocycles. The highest BCUT2D eigenvalue weighted by molar-refractivity contribution is 4.81. The first-order valence-electron chi connectivity index (χ1n) is 6.84. The van der Waals surface area contributed by atoms with Crippen LogP contribution in [0.5, 0.6) is 0 Å². The van der Waals surface area contributed by atoms with Crippen LogP contribution in [0.1, 0.15) is 39.5 Å². The highest BCUT2D eigenvalue weighted by atomic mass is 16.5. The second-order valence-electron chi connectivity index (χ2n) is 5.44. The molecule has 94 valence electrons. The van der Waals surface area contributed by atoms with Crippen molar-refractivity contribution in [3.63, 3.8) is 0 Å². The number of nitrogens with one attached hydrogen (secondary N) is 1. The van der Waals surface area contributed by atoms with Crippen LogP contribution in [0.3, 0.4) is 0 Å². The zero-order valence-electron chi connectivity index (χ0n) is 10.7. The largest absolute Gasteiger partial charge is 0.377 e. The molecule has 2 rings (SSSR count). The normalized spacial score (nSPS) is 38.2. The van der Waals surface area contributed by atoms with Crippen molar-refractivity contribution >= 4 is 0 Å². The molecule has 3 unspecified atom stereocenters. The van der Waals surface area contributed by atoms with Crippen molar-refractivity contribution < 1.29 is 4.74 Å². The van der Waals surface area contributed by atoms with Crippen molar-refractivity contribution in [1.82, 2.24) is 10.2 Å². The van der Waals surface area contributed by atoms with Crippen LogP contribution in [0.4, 0.5) is 0 Å². The fraction of sp³-hybridized carbons (Fsp3) is 1.00. The Morgan fingerprint density at radius 3 is 2.88 bits per heavy atom. The molecule has 2 aliphatic heterocycles. The summed E-state index contributed by atoms with van der Waals surface area (Å²) in [6.07, 6.45) is 5.61. The molecular weight excluding hydrogens is 200 g/mol. The number of rotatable bonds is 2. The van der Waals surface area contributed by atoms with Gasteiger partial charge < -0.3 is 10.1 Å². The van der Waals surface area contributed by atoms with Gasteiger partial charge in [0.2, 0.25) is 0 Å². The third-order valence-electron chi connectivity index (χ3n) is 3.90. The Labute approximate surface area is 99.5 Å². The fourth-order valence-electron chi connectivity index (χ4n) is 2.78. The van der Waals surface area contributed by atoms with Gasteiger partial charge >= 0.3 is 0 Å². The van der Waals surface area contributed by atoms with Crippen LogP contribution < -0.4 is 5.32 Å². The zero-order chi connectivity index (χ0) is 11.4. The Balaban J connectivity index is 1.84. The van der Waals surface area contributed by atoms with E-state index >= 15 is 0 Å². The van der Waals surface area contributed by atoms with Gasteiger partial charge in [-0.25, -0.2) is 0 Å². The van der Waals surface area contributed by atoms with E-state index in [4.69, 9.17) is 4.74 Å². The second-order valence-corrected chi connectivity index (χ2v) is 5.44. The van der Waals surface area contributed by atoms with E-state index in [0.29, 0.717) is 18.2 Å². The molecule has 0 saturated carbocycles. The van der Waals surface area contributed by atoms with Crippen molar-refractivity contribution in [2.75, 3.05) is 26.2 Å². The Hall–Kier alpha value is -0.120. The maximum absolute atomic E-state index is 5.84. The first-order chi connectivity index (χ1) is 7.75. The predicted molar refractivity (Wildman–Crippen MR) is 66.7 cm³/mol. The first kappa shape index (κ1) is 12.3. The third-order valence-corrected chi connectivity index (χ3v) is 3.90. The van der Waals surface area contributed by atoms with Crippen molar-refractivity contribution in [1.29, 1.82) is 0 Å². The van der Waals surface area contributed by atoms with Gasteiger partial charge in [0.05, 0.1) is 6.10 Å². The summed E-state index contributed by atoms with van der Waals surface area (Å²) in [5.41, 5.74) is 0. The van der Waals surface area contributed by atoms with E-state index in [-0.39, 0.29) is 0 Å². The Morgan fingerprint density at radius 2 is 2.12 bits per heavy atom. The van der Waals surface area contributed by atoms with Crippen molar-refractivity contribution in [3.05, 3.63) is 0 Å². The molecule has 2 fully saturated rings. The van der Waals surface area contributed by atoms with Gasteiger partial charge in [0.1, 0.15) is 0 Å². The van der Waals surface area contributed by atoms with E-state index in [0.717, 1.165) is 19.7 Å². The van der Waals surface area contributed by atoms with Gasteiger partial charge in [0.15, 0.2) is 0 Å². The van der Waals surface area contributed by atoms with Crippen LogP contribution in [0.15, 0.2) is 0 Å². The van der Waals surface area contributed by atoms with Crippen LogP contribution in [0.2, 0.25) is 0 Å². The van der Waals surface area contributed by atoms with Gasteiger partial charge in [-0.2, -0.15) is 0 Å². The lowest BCUT2D eigenvalue weighted by Crippen LogP contribution is -2.44. The van der Waals surface area contributed by atoms with Crippen LogP contribution in [0, 0.1) is 0 Å². The summed E-state index contributed by atoms with van der Waals surface area (Å²) in [6, 6.07) is 1.32. The molecule has 3 heteroatoms. The van der Waals surface area contributed by atoms with Crippen molar-refractivity contribution in [2.45, 2.75) is 57.7 Å². The van der Waals surface area contributed by atoms with Gasteiger partial charge in [-0.3, -0.25) is 4.90 Å². The topological polar surface area (TPSA) is 24.5 Å². The lowest BCUT2D eigenvalue weighted by atomic mass is 10.1. The molecule has 0 aromatic heterocycles.